The van der Waals surface area contributed by atoms with Gasteiger partial charge in [0.1, 0.15) is 0 Å². The highest BCUT2D eigenvalue weighted by Crippen LogP contribution is 2.33. The van der Waals surface area contributed by atoms with E-state index in [9.17, 15) is 14.7 Å². The SMILES string of the molecule is O=C1c2ccccc2C(=O)N1C(CO)C1CCCCC1. The van der Waals surface area contributed by atoms with Crippen molar-refractivity contribution in [2.75, 3.05) is 6.61 Å². The first-order valence-electron chi connectivity index (χ1n) is 7.32. The van der Waals surface area contributed by atoms with Gasteiger partial charge in [-0.05, 0) is 30.9 Å². The highest BCUT2D eigenvalue weighted by atomic mass is 16.3. The fourth-order valence-electron chi connectivity index (χ4n) is 3.47. The smallest absolute Gasteiger partial charge is 0.261 e. The van der Waals surface area contributed by atoms with Crippen LogP contribution in [0.1, 0.15) is 52.8 Å². The summed E-state index contributed by atoms with van der Waals surface area (Å²) in [7, 11) is 0. The number of carbonyl (C=O) groups is 2. The molecule has 4 nitrogen and oxygen atoms in total. The van der Waals surface area contributed by atoms with E-state index in [1.165, 1.54) is 11.3 Å². The van der Waals surface area contributed by atoms with Crippen LogP contribution in [-0.2, 0) is 0 Å². The highest BCUT2D eigenvalue weighted by Gasteiger charge is 2.42. The lowest BCUT2D eigenvalue weighted by Gasteiger charge is -2.34. The molecule has 1 fully saturated rings. The Morgan fingerprint density at radius 3 is 2.10 bits per heavy atom. The molecule has 0 saturated heterocycles. The minimum atomic E-state index is -0.373. The number of benzene rings is 1. The Balaban J connectivity index is 1.90. The van der Waals surface area contributed by atoms with Crippen LogP contribution >= 0.6 is 0 Å². The Morgan fingerprint density at radius 2 is 1.60 bits per heavy atom. The molecule has 1 atom stereocenters. The van der Waals surface area contributed by atoms with Gasteiger partial charge in [0.05, 0.1) is 23.8 Å². The summed E-state index contributed by atoms with van der Waals surface area (Å²) >= 11 is 0. The van der Waals surface area contributed by atoms with Crippen LogP contribution in [0.4, 0.5) is 0 Å². The Kier molecular flexibility index (Phi) is 3.57. The number of imide groups is 1. The van der Waals surface area contributed by atoms with Gasteiger partial charge in [0.15, 0.2) is 0 Å². The second-order valence-corrected chi connectivity index (χ2v) is 5.67. The normalized spacial score (nSPS) is 21.1. The molecule has 1 saturated carbocycles. The number of fused-ring (bicyclic) bond motifs is 1. The Labute approximate surface area is 118 Å². The molecule has 0 radical (unpaired) electrons. The molecule has 1 aliphatic heterocycles. The van der Waals surface area contributed by atoms with Crippen molar-refractivity contribution in [1.82, 2.24) is 4.90 Å². The highest BCUT2D eigenvalue weighted by molar-refractivity contribution is 6.21. The third-order valence-corrected chi connectivity index (χ3v) is 4.54. The van der Waals surface area contributed by atoms with Crippen LogP contribution in [0.3, 0.4) is 0 Å². The first-order chi connectivity index (χ1) is 9.74. The minimum Gasteiger partial charge on any atom is -0.394 e. The summed E-state index contributed by atoms with van der Waals surface area (Å²) in [6.45, 7) is -0.143. The van der Waals surface area contributed by atoms with Crippen molar-refractivity contribution in [3.05, 3.63) is 35.4 Å². The summed E-state index contributed by atoms with van der Waals surface area (Å²) in [4.78, 5) is 26.2. The predicted octanol–water partition coefficient (Wildman–Crippen LogP) is 2.22. The van der Waals surface area contributed by atoms with Crippen molar-refractivity contribution in [1.29, 1.82) is 0 Å². The summed E-state index contributed by atoms with van der Waals surface area (Å²) < 4.78 is 0. The van der Waals surface area contributed by atoms with Crippen molar-refractivity contribution in [2.45, 2.75) is 38.1 Å². The third kappa shape index (κ3) is 2.04. The second kappa shape index (κ2) is 5.37. The van der Waals surface area contributed by atoms with Crippen LogP contribution in [0.15, 0.2) is 24.3 Å². The lowest BCUT2D eigenvalue weighted by molar-refractivity contribution is 0.0386. The van der Waals surface area contributed by atoms with Crippen molar-refractivity contribution in [3.8, 4) is 0 Å². The van der Waals surface area contributed by atoms with Gasteiger partial charge in [-0.1, -0.05) is 31.4 Å². The van der Waals surface area contributed by atoms with Gasteiger partial charge in [-0.2, -0.15) is 0 Å². The number of amides is 2. The number of hydrogen-bond acceptors (Lipinski definition) is 3. The van der Waals surface area contributed by atoms with Crippen LogP contribution in [0.5, 0.6) is 0 Å². The molecule has 3 rings (SSSR count). The van der Waals surface area contributed by atoms with E-state index in [1.807, 2.05) is 0 Å². The van der Waals surface area contributed by atoms with E-state index in [1.54, 1.807) is 24.3 Å². The first kappa shape index (κ1) is 13.3. The van der Waals surface area contributed by atoms with Crippen LogP contribution in [0.2, 0.25) is 0 Å². The topological polar surface area (TPSA) is 57.6 Å². The fraction of sp³-hybridized carbons (Fsp3) is 0.500. The molecule has 20 heavy (non-hydrogen) atoms. The number of rotatable bonds is 3. The molecule has 0 spiro atoms. The number of aliphatic hydroxyl groups is 1. The standard InChI is InChI=1S/C16H19NO3/c18-10-14(11-6-2-1-3-7-11)17-15(19)12-8-4-5-9-13(12)16(17)20/h4-5,8-9,11,14,18H,1-3,6-7,10H2. The maximum atomic E-state index is 12.4. The zero-order chi connectivity index (χ0) is 14.1. The molecule has 1 aromatic rings. The van der Waals surface area contributed by atoms with Crippen molar-refractivity contribution >= 4 is 11.8 Å². The lowest BCUT2D eigenvalue weighted by Crippen LogP contribution is -2.47. The Morgan fingerprint density at radius 1 is 1.05 bits per heavy atom. The predicted molar refractivity (Wildman–Crippen MR) is 74.4 cm³/mol. The molecule has 1 N–H and O–H groups in total. The number of nitrogens with zero attached hydrogens (tertiary/aromatic N) is 1. The quantitative estimate of drug-likeness (QED) is 0.859. The largest absolute Gasteiger partial charge is 0.394 e. The van der Waals surface area contributed by atoms with E-state index in [2.05, 4.69) is 0 Å². The summed E-state index contributed by atoms with van der Waals surface area (Å²) in [6, 6.07) is 6.53. The van der Waals surface area contributed by atoms with Crippen LogP contribution in [-0.4, -0.2) is 34.5 Å². The lowest BCUT2D eigenvalue weighted by atomic mass is 9.83. The molecule has 1 unspecified atom stereocenters. The molecular weight excluding hydrogens is 254 g/mol. The molecular formula is C16H19NO3. The van der Waals surface area contributed by atoms with Gasteiger partial charge in [0.2, 0.25) is 0 Å². The molecule has 4 heteroatoms. The fourth-order valence-corrected chi connectivity index (χ4v) is 3.47. The number of aliphatic hydroxyl groups excluding tert-OH is 1. The molecule has 1 heterocycles. The molecule has 106 valence electrons. The van der Waals surface area contributed by atoms with Crippen LogP contribution in [0.25, 0.3) is 0 Å². The van der Waals surface area contributed by atoms with Crippen molar-refractivity contribution in [2.24, 2.45) is 5.92 Å². The van der Waals surface area contributed by atoms with E-state index < -0.39 is 0 Å². The molecule has 1 aliphatic carbocycles. The molecule has 0 aromatic heterocycles. The Hall–Kier alpha value is -1.68. The van der Waals surface area contributed by atoms with E-state index in [0.29, 0.717) is 11.1 Å². The molecule has 2 amide bonds. The monoisotopic (exact) mass is 273 g/mol. The van der Waals surface area contributed by atoms with Gasteiger partial charge < -0.3 is 5.11 Å². The van der Waals surface area contributed by atoms with Gasteiger partial charge in [0, 0.05) is 0 Å². The third-order valence-electron chi connectivity index (χ3n) is 4.54. The maximum absolute atomic E-state index is 12.4. The van der Waals surface area contributed by atoms with Gasteiger partial charge in [-0.15, -0.1) is 0 Å². The van der Waals surface area contributed by atoms with E-state index in [4.69, 9.17) is 0 Å². The molecule has 0 bridgehead atoms. The Bertz CT molecular complexity index is 499. The van der Waals surface area contributed by atoms with Gasteiger partial charge in [-0.25, -0.2) is 0 Å². The summed E-state index contributed by atoms with van der Waals surface area (Å²) in [6.07, 6.45) is 5.41. The van der Waals surface area contributed by atoms with Crippen LogP contribution < -0.4 is 0 Å². The first-order valence-corrected chi connectivity index (χ1v) is 7.32. The van der Waals surface area contributed by atoms with E-state index >= 15 is 0 Å². The summed E-state index contributed by atoms with van der Waals surface area (Å²) in [5.41, 5.74) is 0.929. The van der Waals surface area contributed by atoms with Crippen molar-refractivity contribution in [3.63, 3.8) is 0 Å². The van der Waals surface area contributed by atoms with Crippen LogP contribution in [0, 0.1) is 5.92 Å². The average Bonchev–Trinajstić information content (AvgIpc) is 2.75. The second-order valence-electron chi connectivity index (χ2n) is 5.67. The zero-order valence-electron chi connectivity index (χ0n) is 11.4. The van der Waals surface area contributed by atoms with Crippen molar-refractivity contribution < 1.29 is 14.7 Å². The number of carbonyl (C=O) groups excluding carboxylic acids is 2. The summed E-state index contributed by atoms with van der Waals surface area (Å²) in [5.74, 6) is -0.276. The zero-order valence-corrected chi connectivity index (χ0v) is 11.4. The number of hydrogen-bond donors (Lipinski definition) is 1. The van der Waals surface area contributed by atoms with E-state index in [0.717, 1.165) is 25.7 Å². The van der Waals surface area contributed by atoms with Gasteiger partial charge >= 0.3 is 0 Å². The van der Waals surface area contributed by atoms with E-state index in [-0.39, 0.29) is 30.4 Å². The van der Waals surface area contributed by atoms with Gasteiger partial charge in [-0.3, -0.25) is 14.5 Å². The maximum Gasteiger partial charge on any atom is 0.261 e. The average molecular weight is 273 g/mol. The molecule has 1 aromatic carbocycles. The molecule has 2 aliphatic rings. The minimum absolute atomic E-state index is 0.143. The van der Waals surface area contributed by atoms with Gasteiger partial charge in [0.25, 0.3) is 11.8 Å². The summed E-state index contributed by atoms with van der Waals surface area (Å²) in [5, 5.41) is 9.71.